The standard InChI is InChI=1S/C15H15ClN2O2/c1-9(2)17-14(19)12-7-8-13(18-15(12)20)10-3-5-11(16)6-4-10/h3-9H,1-2H3,(H,17,19)(H,18,20). The third-order valence-electron chi connectivity index (χ3n) is 2.73. The molecule has 2 N–H and O–H groups in total. The smallest absolute Gasteiger partial charge is 0.261 e. The number of halogens is 1. The van der Waals surface area contributed by atoms with Crippen LogP contribution in [0.2, 0.25) is 5.02 Å². The number of hydrogen-bond acceptors (Lipinski definition) is 2. The fourth-order valence-corrected chi connectivity index (χ4v) is 1.92. The number of carbonyl (C=O) groups is 1. The van der Waals surface area contributed by atoms with Gasteiger partial charge in [0.2, 0.25) is 0 Å². The average Bonchev–Trinajstić information content (AvgIpc) is 2.38. The van der Waals surface area contributed by atoms with Gasteiger partial charge in [-0.15, -0.1) is 0 Å². The molecule has 0 aliphatic carbocycles. The zero-order valence-corrected chi connectivity index (χ0v) is 12.0. The van der Waals surface area contributed by atoms with Crippen molar-refractivity contribution in [3.05, 3.63) is 57.3 Å². The van der Waals surface area contributed by atoms with Gasteiger partial charge in [-0.25, -0.2) is 0 Å². The molecule has 1 aromatic carbocycles. The molecule has 0 spiro atoms. The Morgan fingerprint density at radius 2 is 1.80 bits per heavy atom. The molecule has 0 fully saturated rings. The number of hydrogen-bond donors (Lipinski definition) is 2. The van der Waals surface area contributed by atoms with Crippen molar-refractivity contribution in [2.75, 3.05) is 0 Å². The molecule has 0 bridgehead atoms. The Labute approximate surface area is 121 Å². The van der Waals surface area contributed by atoms with Crippen LogP contribution in [0, 0.1) is 0 Å². The van der Waals surface area contributed by atoms with E-state index in [1.54, 1.807) is 18.2 Å². The minimum absolute atomic E-state index is 0.0159. The largest absolute Gasteiger partial charge is 0.350 e. The van der Waals surface area contributed by atoms with Gasteiger partial charge in [0, 0.05) is 16.8 Å². The first-order valence-corrected chi connectivity index (χ1v) is 6.65. The number of H-pyrrole nitrogens is 1. The monoisotopic (exact) mass is 290 g/mol. The van der Waals surface area contributed by atoms with Gasteiger partial charge in [-0.2, -0.15) is 0 Å². The van der Waals surface area contributed by atoms with Crippen molar-refractivity contribution in [1.82, 2.24) is 10.3 Å². The van der Waals surface area contributed by atoms with Crippen LogP contribution in [0.25, 0.3) is 11.3 Å². The summed E-state index contributed by atoms with van der Waals surface area (Å²) in [6.45, 7) is 3.68. The van der Waals surface area contributed by atoms with Crippen molar-refractivity contribution >= 4 is 17.5 Å². The third kappa shape index (κ3) is 3.27. The van der Waals surface area contributed by atoms with Crippen molar-refractivity contribution in [3.8, 4) is 11.3 Å². The van der Waals surface area contributed by atoms with Crippen molar-refractivity contribution in [2.45, 2.75) is 19.9 Å². The number of amides is 1. The summed E-state index contributed by atoms with van der Waals surface area (Å²) in [6.07, 6.45) is 0. The predicted molar refractivity (Wildman–Crippen MR) is 80.1 cm³/mol. The zero-order chi connectivity index (χ0) is 14.7. The molecule has 20 heavy (non-hydrogen) atoms. The van der Waals surface area contributed by atoms with Gasteiger partial charge in [-0.1, -0.05) is 23.7 Å². The number of pyridine rings is 1. The van der Waals surface area contributed by atoms with Gasteiger partial charge in [0.05, 0.1) is 0 Å². The van der Waals surface area contributed by atoms with Gasteiger partial charge in [0.1, 0.15) is 5.56 Å². The quantitative estimate of drug-likeness (QED) is 0.913. The Hall–Kier alpha value is -2.07. The molecule has 0 radical (unpaired) electrons. The fourth-order valence-electron chi connectivity index (χ4n) is 1.79. The summed E-state index contributed by atoms with van der Waals surface area (Å²) in [6, 6.07) is 10.3. The molecular formula is C15H15ClN2O2. The molecule has 1 heterocycles. The highest BCUT2D eigenvalue weighted by atomic mass is 35.5. The summed E-state index contributed by atoms with van der Waals surface area (Å²) in [5.41, 5.74) is 1.18. The number of aromatic amines is 1. The van der Waals surface area contributed by atoms with E-state index in [0.717, 1.165) is 5.56 Å². The first-order valence-electron chi connectivity index (χ1n) is 6.27. The van der Waals surface area contributed by atoms with Gasteiger partial charge in [0.15, 0.2) is 0 Å². The van der Waals surface area contributed by atoms with Gasteiger partial charge in [-0.05, 0) is 43.7 Å². The third-order valence-corrected chi connectivity index (χ3v) is 2.98. The van der Waals surface area contributed by atoms with Crippen LogP contribution < -0.4 is 10.9 Å². The van der Waals surface area contributed by atoms with Crippen molar-refractivity contribution < 1.29 is 4.79 Å². The number of carbonyl (C=O) groups excluding carboxylic acids is 1. The second kappa shape index (κ2) is 5.92. The fraction of sp³-hybridized carbons (Fsp3) is 0.200. The molecule has 0 aliphatic rings. The highest BCUT2D eigenvalue weighted by Crippen LogP contribution is 2.18. The zero-order valence-electron chi connectivity index (χ0n) is 11.2. The van der Waals surface area contributed by atoms with Crippen LogP contribution in [0.1, 0.15) is 24.2 Å². The van der Waals surface area contributed by atoms with Crippen molar-refractivity contribution in [1.29, 1.82) is 0 Å². The molecule has 0 atom stereocenters. The van der Waals surface area contributed by atoms with E-state index < -0.39 is 5.56 Å². The van der Waals surface area contributed by atoms with Crippen LogP contribution in [0.5, 0.6) is 0 Å². The maximum Gasteiger partial charge on any atom is 0.261 e. The van der Waals surface area contributed by atoms with Gasteiger partial charge < -0.3 is 10.3 Å². The lowest BCUT2D eigenvalue weighted by atomic mass is 10.1. The minimum atomic E-state index is -0.407. The van der Waals surface area contributed by atoms with Crippen LogP contribution in [-0.2, 0) is 0 Å². The average molecular weight is 291 g/mol. The van der Waals surface area contributed by atoms with E-state index in [0.29, 0.717) is 10.7 Å². The Kier molecular flexibility index (Phi) is 4.25. The van der Waals surface area contributed by atoms with Gasteiger partial charge >= 0.3 is 0 Å². The maximum atomic E-state index is 12.0. The van der Waals surface area contributed by atoms with E-state index in [-0.39, 0.29) is 17.5 Å². The van der Waals surface area contributed by atoms with Crippen LogP contribution in [-0.4, -0.2) is 16.9 Å². The summed E-state index contributed by atoms with van der Waals surface area (Å²) in [4.78, 5) is 26.5. The molecule has 5 heteroatoms. The maximum absolute atomic E-state index is 12.0. The van der Waals surface area contributed by atoms with E-state index in [4.69, 9.17) is 11.6 Å². The summed E-state index contributed by atoms with van der Waals surface area (Å²) >= 11 is 5.82. The first kappa shape index (κ1) is 14.3. The lowest BCUT2D eigenvalue weighted by Gasteiger charge is -2.08. The first-order chi connectivity index (χ1) is 9.47. The van der Waals surface area contributed by atoms with Crippen molar-refractivity contribution in [2.24, 2.45) is 0 Å². The lowest BCUT2D eigenvalue weighted by molar-refractivity contribution is 0.0941. The second-order valence-corrected chi connectivity index (χ2v) is 5.19. The molecule has 0 unspecified atom stereocenters. The predicted octanol–water partition coefficient (Wildman–Crippen LogP) is 2.83. The highest BCUT2D eigenvalue weighted by Gasteiger charge is 2.12. The van der Waals surface area contributed by atoms with Crippen LogP contribution in [0.15, 0.2) is 41.2 Å². The van der Waals surface area contributed by atoms with E-state index in [1.165, 1.54) is 6.07 Å². The van der Waals surface area contributed by atoms with E-state index in [9.17, 15) is 9.59 Å². The Balaban J connectivity index is 2.32. The molecule has 0 saturated heterocycles. The summed E-state index contributed by atoms with van der Waals surface area (Å²) < 4.78 is 0. The van der Waals surface area contributed by atoms with Gasteiger partial charge in [0.25, 0.3) is 11.5 Å². The van der Waals surface area contributed by atoms with E-state index in [2.05, 4.69) is 10.3 Å². The van der Waals surface area contributed by atoms with Crippen LogP contribution in [0.3, 0.4) is 0 Å². The molecule has 0 aliphatic heterocycles. The van der Waals surface area contributed by atoms with Crippen LogP contribution >= 0.6 is 11.6 Å². The molecule has 1 amide bonds. The molecule has 4 nitrogen and oxygen atoms in total. The van der Waals surface area contributed by atoms with E-state index >= 15 is 0 Å². The number of aromatic nitrogens is 1. The SMILES string of the molecule is CC(C)NC(=O)c1ccc(-c2ccc(Cl)cc2)[nH]c1=O. The molecule has 1 aromatic heterocycles. The Morgan fingerprint density at radius 3 is 2.35 bits per heavy atom. The Morgan fingerprint density at radius 1 is 1.15 bits per heavy atom. The minimum Gasteiger partial charge on any atom is -0.350 e. The molecular weight excluding hydrogens is 276 g/mol. The topological polar surface area (TPSA) is 62.0 Å². The molecule has 104 valence electrons. The van der Waals surface area contributed by atoms with Crippen molar-refractivity contribution in [3.63, 3.8) is 0 Å². The summed E-state index contributed by atoms with van der Waals surface area (Å²) in [5, 5.41) is 3.32. The summed E-state index contributed by atoms with van der Waals surface area (Å²) in [7, 11) is 0. The number of benzene rings is 1. The van der Waals surface area contributed by atoms with E-state index in [1.807, 2.05) is 26.0 Å². The number of rotatable bonds is 3. The highest BCUT2D eigenvalue weighted by molar-refractivity contribution is 6.30. The second-order valence-electron chi connectivity index (χ2n) is 4.75. The molecule has 2 rings (SSSR count). The van der Waals surface area contributed by atoms with Gasteiger partial charge in [-0.3, -0.25) is 9.59 Å². The number of nitrogens with one attached hydrogen (secondary N) is 2. The molecule has 0 saturated carbocycles. The van der Waals surface area contributed by atoms with Crippen LogP contribution in [0.4, 0.5) is 0 Å². The molecule has 2 aromatic rings. The normalized spacial score (nSPS) is 10.6. The Bertz CT molecular complexity index is 675. The summed E-state index contributed by atoms with van der Waals surface area (Å²) in [5.74, 6) is -0.371. The lowest BCUT2D eigenvalue weighted by Crippen LogP contribution is -2.34.